The highest BCUT2D eigenvalue weighted by molar-refractivity contribution is 6.04. The Morgan fingerprint density at radius 1 is 0.759 bits per heavy atom. The van der Waals surface area contributed by atoms with Gasteiger partial charge in [0.2, 0.25) is 0 Å². The summed E-state index contributed by atoms with van der Waals surface area (Å²) in [4.78, 5) is 23.4. The minimum Gasteiger partial charge on any atom is -0.351 e. The van der Waals surface area contributed by atoms with E-state index >= 15 is 0 Å². The Morgan fingerprint density at radius 3 is 1.76 bits per heavy atom. The maximum atomic E-state index is 12.5. The van der Waals surface area contributed by atoms with Gasteiger partial charge in [0.05, 0.1) is 0 Å². The number of carbonyl (C=O) groups is 2. The summed E-state index contributed by atoms with van der Waals surface area (Å²) >= 11 is 0. The van der Waals surface area contributed by atoms with Gasteiger partial charge in [-0.15, -0.1) is 0 Å². The van der Waals surface area contributed by atoms with Gasteiger partial charge < -0.3 is 16.4 Å². The first-order chi connectivity index (χ1) is 14.0. The van der Waals surface area contributed by atoms with Crippen molar-refractivity contribution in [2.75, 3.05) is 10.6 Å². The minimum atomic E-state index is -0.624. The number of hydrogen-bond donors (Lipinski definition) is 3. The molecule has 0 heterocycles. The number of carbonyl (C=O) groups excluding carboxylic acids is 2. The molecule has 5 nitrogen and oxygen atoms in total. The number of primary amides is 1. The monoisotopic (exact) mass is 389 g/mol. The van der Waals surface area contributed by atoms with Crippen molar-refractivity contribution in [1.82, 2.24) is 0 Å². The molecule has 4 fully saturated rings. The van der Waals surface area contributed by atoms with Crippen molar-refractivity contribution in [3.05, 3.63) is 59.7 Å². The van der Waals surface area contributed by atoms with Crippen LogP contribution in [0.3, 0.4) is 0 Å². The second-order valence-electron chi connectivity index (χ2n) is 9.30. The van der Waals surface area contributed by atoms with E-state index in [2.05, 4.69) is 22.8 Å². The summed E-state index contributed by atoms with van der Waals surface area (Å²) in [6.07, 6.45) is 8.37. The number of hydrogen-bond acceptors (Lipinski definition) is 2. The van der Waals surface area contributed by atoms with Crippen molar-refractivity contribution in [2.45, 2.75) is 43.9 Å². The van der Waals surface area contributed by atoms with Crippen LogP contribution in [0, 0.1) is 17.8 Å². The molecule has 5 heteroatoms. The van der Waals surface area contributed by atoms with Crippen LogP contribution in [0.2, 0.25) is 0 Å². The lowest BCUT2D eigenvalue weighted by atomic mass is 9.48. The van der Waals surface area contributed by atoms with Gasteiger partial charge in [-0.25, -0.2) is 4.79 Å². The van der Waals surface area contributed by atoms with E-state index < -0.39 is 6.03 Å². The standard InChI is InChI=1S/C24H27N3O2/c25-23(29)27-21-5-1-18(2-6-21)22(28)26-20-7-3-19(4-8-20)24-12-15-9-16(13-24)11-17(10-15)14-24/h1-8,15-17H,9-14H2,(H,26,28)(H3,25,27,29). The summed E-state index contributed by atoms with van der Waals surface area (Å²) in [5.74, 6) is 2.60. The molecule has 4 aliphatic rings. The normalized spacial score (nSPS) is 29.4. The number of nitrogens with one attached hydrogen (secondary N) is 2. The summed E-state index contributed by atoms with van der Waals surface area (Å²) < 4.78 is 0. The molecule has 4 saturated carbocycles. The average molecular weight is 389 g/mol. The molecule has 0 atom stereocenters. The second kappa shape index (κ2) is 6.90. The van der Waals surface area contributed by atoms with Gasteiger partial charge >= 0.3 is 6.03 Å². The third kappa shape index (κ3) is 3.50. The van der Waals surface area contributed by atoms with Crippen molar-refractivity contribution in [2.24, 2.45) is 23.5 Å². The molecule has 0 spiro atoms. The fourth-order valence-corrected chi connectivity index (χ4v) is 6.42. The molecule has 3 amide bonds. The second-order valence-corrected chi connectivity index (χ2v) is 9.30. The van der Waals surface area contributed by atoms with E-state index in [4.69, 9.17) is 5.73 Å². The SMILES string of the molecule is NC(=O)Nc1ccc(C(=O)Nc2ccc(C34CC5CC(CC(C5)C3)C4)cc2)cc1. The lowest BCUT2D eigenvalue weighted by Gasteiger charge is -2.57. The van der Waals surface area contributed by atoms with Gasteiger partial charge in [0.25, 0.3) is 5.91 Å². The highest BCUT2D eigenvalue weighted by Gasteiger charge is 2.51. The van der Waals surface area contributed by atoms with Crippen LogP contribution in [0.5, 0.6) is 0 Å². The quantitative estimate of drug-likeness (QED) is 0.695. The third-order valence-electron chi connectivity index (χ3n) is 7.21. The number of urea groups is 1. The van der Waals surface area contributed by atoms with Crippen LogP contribution in [-0.2, 0) is 5.41 Å². The predicted molar refractivity (Wildman–Crippen MR) is 114 cm³/mol. The minimum absolute atomic E-state index is 0.168. The number of rotatable bonds is 4. The lowest BCUT2D eigenvalue weighted by molar-refractivity contribution is -0.00518. The first-order valence-electron chi connectivity index (χ1n) is 10.6. The molecule has 4 aliphatic carbocycles. The van der Waals surface area contributed by atoms with Crippen molar-refractivity contribution in [3.8, 4) is 0 Å². The van der Waals surface area contributed by atoms with Crippen LogP contribution in [0.4, 0.5) is 16.2 Å². The molecule has 0 radical (unpaired) electrons. The van der Waals surface area contributed by atoms with Gasteiger partial charge in [-0.3, -0.25) is 4.79 Å². The molecule has 0 aromatic heterocycles. The molecular formula is C24H27N3O2. The van der Waals surface area contributed by atoms with Crippen LogP contribution >= 0.6 is 0 Å². The Kier molecular flexibility index (Phi) is 4.34. The highest BCUT2D eigenvalue weighted by Crippen LogP contribution is 2.60. The molecule has 29 heavy (non-hydrogen) atoms. The van der Waals surface area contributed by atoms with E-state index in [1.165, 1.54) is 44.1 Å². The lowest BCUT2D eigenvalue weighted by Crippen LogP contribution is -2.48. The van der Waals surface area contributed by atoms with Gasteiger partial charge in [0.15, 0.2) is 0 Å². The van der Waals surface area contributed by atoms with Crippen LogP contribution in [0.1, 0.15) is 54.4 Å². The van der Waals surface area contributed by atoms with Gasteiger partial charge in [-0.2, -0.15) is 0 Å². The molecular weight excluding hydrogens is 362 g/mol. The van der Waals surface area contributed by atoms with E-state index in [-0.39, 0.29) is 5.91 Å². The van der Waals surface area contributed by atoms with Gasteiger partial charge in [0, 0.05) is 16.9 Å². The van der Waals surface area contributed by atoms with E-state index in [0.717, 1.165) is 23.4 Å². The Hall–Kier alpha value is -2.82. The zero-order valence-electron chi connectivity index (χ0n) is 16.5. The molecule has 6 rings (SSSR count). The van der Waals surface area contributed by atoms with Crippen LogP contribution < -0.4 is 16.4 Å². The average Bonchev–Trinajstić information content (AvgIpc) is 2.67. The Balaban J connectivity index is 1.27. The molecule has 2 aromatic carbocycles. The van der Waals surface area contributed by atoms with E-state index in [9.17, 15) is 9.59 Å². The number of nitrogens with two attached hydrogens (primary N) is 1. The van der Waals surface area contributed by atoms with Crippen molar-refractivity contribution >= 4 is 23.3 Å². The predicted octanol–water partition coefficient (Wildman–Crippen LogP) is 4.90. The van der Waals surface area contributed by atoms with Gasteiger partial charge in [-0.05, 0) is 104 Å². The Bertz CT molecular complexity index is 898. The maximum Gasteiger partial charge on any atom is 0.316 e. The smallest absolute Gasteiger partial charge is 0.316 e. The van der Waals surface area contributed by atoms with Crippen molar-refractivity contribution < 1.29 is 9.59 Å². The molecule has 4 N–H and O–H groups in total. The topological polar surface area (TPSA) is 84.2 Å². The fraction of sp³-hybridized carbons (Fsp3) is 0.417. The molecule has 0 saturated heterocycles. The zero-order chi connectivity index (χ0) is 20.0. The van der Waals surface area contributed by atoms with E-state index in [0.29, 0.717) is 16.7 Å². The fourth-order valence-electron chi connectivity index (χ4n) is 6.42. The highest BCUT2D eigenvalue weighted by atomic mass is 16.2. The third-order valence-corrected chi connectivity index (χ3v) is 7.21. The summed E-state index contributed by atoms with van der Waals surface area (Å²) in [6.45, 7) is 0. The molecule has 4 bridgehead atoms. The van der Waals surface area contributed by atoms with Crippen LogP contribution in [0.15, 0.2) is 48.5 Å². The molecule has 0 aliphatic heterocycles. The first kappa shape index (κ1) is 18.2. The Labute approximate surface area is 171 Å². The molecule has 150 valence electrons. The van der Waals surface area contributed by atoms with Crippen molar-refractivity contribution in [1.29, 1.82) is 0 Å². The van der Waals surface area contributed by atoms with E-state index in [1.807, 2.05) is 12.1 Å². The first-order valence-corrected chi connectivity index (χ1v) is 10.6. The van der Waals surface area contributed by atoms with Gasteiger partial charge in [0.1, 0.15) is 0 Å². The van der Waals surface area contributed by atoms with Crippen molar-refractivity contribution in [3.63, 3.8) is 0 Å². The Morgan fingerprint density at radius 2 is 1.24 bits per heavy atom. The summed E-state index contributed by atoms with van der Waals surface area (Å²) in [5.41, 5.74) is 8.84. The van der Waals surface area contributed by atoms with Crippen LogP contribution in [-0.4, -0.2) is 11.9 Å². The maximum absolute atomic E-state index is 12.5. The number of benzene rings is 2. The summed E-state index contributed by atoms with van der Waals surface area (Å²) in [6, 6.07) is 14.6. The van der Waals surface area contributed by atoms with Gasteiger partial charge in [-0.1, -0.05) is 12.1 Å². The summed E-state index contributed by atoms with van der Waals surface area (Å²) in [7, 11) is 0. The summed E-state index contributed by atoms with van der Waals surface area (Å²) in [5, 5.41) is 5.46. The number of amides is 3. The number of anilines is 2. The molecule has 2 aromatic rings. The largest absolute Gasteiger partial charge is 0.351 e. The molecule has 0 unspecified atom stereocenters. The van der Waals surface area contributed by atoms with E-state index in [1.54, 1.807) is 24.3 Å². The zero-order valence-corrected chi connectivity index (χ0v) is 16.5. The van der Waals surface area contributed by atoms with Crippen LogP contribution in [0.25, 0.3) is 0 Å².